The molecule has 1 N–H and O–H groups in total. The minimum atomic E-state index is -0.646. The molecule has 114 valence electrons. The molecular weight excluding hydrogens is 260 g/mol. The van der Waals surface area contributed by atoms with Gasteiger partial charge in [-0.15, -0.1) is 0 Å². The number of carbonyl (C=O) groups excluding carboxylic acids is 3. The van der Waals surface area contributed by atoms with Gasteiger partial charge in [-0.25, -0.2) is 4.79 Å². The Labute approximate surface area is 119 Å². The van der Waals surface area contributed by atoms with E-state index in [1.54, 1.807) is 27.7 Å². The van der Waals surface area contributed by atoms with Crippen molar-refractivity contribution in [2.75, 3.05) is 13.7 Å². The number of hydrogen-bond acceptors (Lipinski definition) is 4. The second-order valence-corrected chi connectivity index (χ2v) is 6.16. The number of likely N-dealkylation sites (tertiary alicyclic amines) is 1. The number of ether oxygens (including phenoxy) is 1. The summed E-state index contributed by atoms with van der Waals surface area (Å²) < 4.78 is 4.71. The molecule has 0 aromatic rings. The molecule has 1 heterocycles. The van der Waals surface area contributed by atoms with E-state index in [1.807, 2.05) is 0 Å². The highest BCUT2D eigenvalue weighted by atomic mass is 16.5. The lowest BCUT2D eigenvalue weighted by Crippen LogP contribution is -2.52. The summed E-state index contributed by atoms with van der Waals surface area (Å²) in [7, 11) is 1.31. The minimum Gasteiger partial charge on any atom is -0.467 e. The van der Waals surface area contributed by atoms with Crippen molar-refractivity contribution >= 4 is 17.8 Å². The Morgan fingerprint density at radius 3 is 2.40 bits per heavy atom. The minimum absolute atomic E-state index is 0.188. The van der Waals surface area contributed by atoms with E-state index in [0.29, 0.717) is 13.0 Å². The van der Waals surface area contributed by atoms with Gasteiger partial charge in [-0.2, -0.15) is 0 Å². The standard InChI is InChI=1S/C14H24N2O4/c1-9(15-13(19)14(2,3)4)11(17)16-8-6-7-10(16)12(18)20-5/h9-10H,6-8H2,1-5H3,(H,15,19). The van der Waals surface area contributed by atoms with Gasteiger partial charge in [-0.05, 0) is 19.8 Å². The zero-order valence-electron chi connectivity index (χ0n) is 12.9. The van der Waals surface area contributed by atoms with Gasteiger partial charge in [0.15, 0.2) is 0 Å². The molecule has 2 atom stereocenters. The molecule has 1 rings (SSSR count). The molecule has 1 fully saturated rings. The second kappa shape index (κ2) is 6.24. The Morgan fingerprint density at radius 2 is 1.90 bits per heavy atom. The SMILES string of the molecule is COC(=O)C1CCCN1C(=O)C(C)NC(=O)C(C)(C)C. The smallest absolute Gasteiger partial charge is 0.328 e. The van der Waals surface area contributed by atoms with Gasteiger partial charge < -0.3 is 15.0 Å². The van der Waals surface area contributed by atoms with Crippen molar-refractivity contribution in [1.29, 1.82) is 0 Å². The predicted octanol–water partition coefficient (Wildman–Crippen LogP) is 0.701. The molecule has 0 aliphatic carbocycles. The van der Waals surface area contributed by atoms with Crippen LogP contribution in [0.1, 0.15) is 40.5 Å². The highest BCUT2D eigenvalue weighted by molar-refractivity contribution is 5.92. The molecular formula is C14H24N2O4. The number of amides is 2. The zero-order valence-corrected chi connectivity index (χ0v) is 12.9. The van der Waals surface area contributed by atoms with Crippen LogP contribution in [-0.2, 0) is 19.1 Å². The Bertz CT molecular complexity index is 400. The van der Waals surface area contributed by atoms with Gasteiger partial charge in [0.1, 0.15) is 12.1 Å². The summed E-state index contributed by atoms with van der Waals surface area (Å²) in [6.07, 6.45) is 1.38. The first-order chi connectivity index (χ1) is 9.18. The van der Waals surface area contributed by atoms with Gasteiger partial charge >= 0.3 is 5.97 Å². The van der Waals surface area contributed by atoms with Crippen LogP contribution in [0.25, 0.3) is 0 Å². The third-order valence-electron chi connectivity index (χ3n) is 3.41. The van der Waals surface area contributed by atoms with Crippen molar-refractivity contribution in [3.8, 4) is 0 Å². The molecule has 2 amide bonds. The molecule has 20 heavy (non-hydrogen) atoms. The molecule has 6 nitrogen and oxygen atoms in total. The van der Waals surface area contributed by atoms with Gasteiger partial charge in [-0.1, -0.05) is 20.8 Å². The van der Waals surface area contributed by atoms with Gasteiger partial charge in [0.25, 0.3) is 0 Å². The zero-order chi connectivity index (χ0) is 15.5. The first-order valence-electron chi connectivity index (χ1n) is 6.87. The maximum absolute atomic E-state index is 12.3. The van der Waals surface area contributed by atoms with Crippen molar-refractivity contribution in [3.05, 3.63) is 0 Å². The highest BCUT2D eigenvalue weighted by Crippen LogP contribution is 2.20. The Hall–Kier alpha value is -1.59. The summed E-state index contributed by atoms with van der Waals surface area (Å²) in [5.74, 6) is -0.826. The van der Waals surface area contributed by atoms with Crippen LogP contribution in [0, 0.1) is 5.41 Å². The van der Waals surface area contributed by atoms with Gasteiger partial charge in [0.2, 0.25) is 11.8 Å². The van der Waals surface area contributed by atoms with Crippen LogP contribution >= 0.6 is 0 Å². The lowest BCUT2D eigenvalue weighted by molar-refractivity contribution is -0.151. The van der Waals surface area contributed by atoms with E-state index in [2.05, 4.69) is 5.32 Å². The van der Waals surface area contributed by atoms with E-state index >= 15 is 0 Å². The van der Waals surface area contributed by atoms with Crippen molar-refractivity contribution < 1.29 is 19.1 Å². The summed E-state index contributed by atoms with van der Waals surface area (Å²) in [5, 5.41) is 2.69. The molecule has 1 aliphatic rings. The maximum atomic E-state index is 12.3. The average Bonchev–Trinajstić information content (AvgIpc) is 2.84. The molecule has 0 spiro atoms. The van der Waals surface area contributed by atoms with Crippen molar-refractivity contribution in [3.63, 3.8) is 0 Å². The third kappa shape index (κ3) is 3.71. The van der Waals surface area contributed by atoms with Gasteiger partial charge in [0.05, 0.1) is 7.11 Å². The molecule has 0 saturated carbocycles. The number of rotatable bonds is 3. The summed E-state index contributed by atoms with van der Waals surface area (Å²) in [5.41, 5.74) is -0.554. The summed E-state index contributed by atoms with van der Waals surface area (Å²) in [6, 6.07) is -1.17. The fourth-order valence-electron chi connectivity index (χ4n) is 2.14. The topological polar surface area (TPSA) is 75.7 Å². The number of nitrogens with one attached hydrogen (secondary N) is 1. The second-order valence-electron chi connectivity index (χ2n) is 6.16. The third-order valence-corrected chi connectivity index (χ3v) is 3.41. The van der Waals surface area contributed by atoms with Gasteiger partial charge in [-0.3, -0.25) is 9.59 Å². The lowest BCUT2D eigenvalue weighted by atomic mass is 9.95. The maximum Gasteiger partial charge on any atom is 0.328 e. The highest BCUT2D eigenvalue weighted by Gasteiger charge is 2.37. The molecule has 1 aliphatic heterocycles. The Kier molecular flexibility index (Phi) is 5.14. The molecule has 1 saturated heterocycles. The van der Waals surface area contributed by atoms with E-state index in [1.165, 1.54) is 12.0 Å². The van der Waals surface area contributed by atoms with E-state index in [4.69, 9.17) is 4.74 Å². The summed E-state index contributed by atoms with van der Waals surface area (Å²) >= 11 is 0. The molecule has 0 aromatic heterocycles. The molecule has 0 bridgehead atoms. The lowest BCUT2D eigenvalue weighted by Gasteiger charge is -2.28. The molecule has 6 heteroatoms. The fraction of sp³-hybridized carbons (Fsp3) is 0.786. The normalized spacial score (nSPS) is 20.4. The van der Waals surface area contributed by atoms with E-state index in [0.717, 1.165) is 6.42 Å². The number of nitrogens with zero attached hydrogens (tertiary/aromatic N) is 1. The monoisotopic (exact) mass is 284 g/mol. The summed E-state index contributed by atoms with van der Waals surface area (Å²) in [4.78, 5) is 37.4. The Balaban J connectivity index is 2.69. The largest absolute Gasteiger partial charge is 0.467 e. The van der Waals surface area contributed by atoms with Crippen LogP contribution < -0.4 is 5.32 Å². The van der Waals surface area contributed by atoms with Gasteiger partial charge in [0, 0.05) is 12.0 Å². The van der Waals surface area contributed by atoms with Crippen LogP contribution in [0.3, 0.4) is 0 Å². The summed E-state index contributed by atoms with van der Waals surface area (Å²) in [6.45, 7) is 7.51. The quantitative estimate of drug-likeness (QED) is 0.774. The van der Waals surface area contributed by atoms with E-state index in [9.17, 15) is 14.4 Å². The van der Waals surface area contributed by atoms with E-state index < -0.39 is 23.5 Å². The first kappa shape index (κ1) is 16.5. The molecule has 0 radical (unpaired) electrons. The Morgan fingerprint density at radius 1 is 1.30 bits per heavy atom. The van der Waals surface area contributed by atoms with Crippen LogP contribution in [0.4, 0.5) is 0 Å². The van der Waals surface area contributed by atoms with Crippen LogP contribution in [0.2, 0.25) is 0 Å². The number of hydrogen-bond donors (Lipinski definition) is 1. The fourth-order valence-corrected chi connectivity index (χ4v) is 2.14. The van der Waals surface area contributed by atoms with Crippen molar-refractivity contribution in [2.45, 2.75) is 52.6 Å². The van der Waals surface area contributed by atoms with E-state index in [-0.39, 0.29) is 11.8 Å². The first-order valence-corrected chi connectivity index (χ1v) is 6.87. The van der Waals surface area contributed by atoms with Crippen LogP contribution in [-0.4, -0.2) is 48.4 Å². The number of methoxy groups -OCH3 is 1. The number of carbonyl (C=O) groups is 3. The molecule has 0 aromatic carbocycles. The average molecular weight is 284 g/mol. The molecule has 2 unspecified atom stereocenters. The number of esters is 1. The van der Waals surface area contributed by atoms with Crippen LogP contribution in [0.15, 0.2) is 0 Å². The van der Waals surface area contributed by atoms with Crippen molar-refractivity contribution in [2.24, 2.45) is 5.41 Å². The van der Waals surface area contributed by atoms with Crippen LogP contribution in [0.5, 0.6) is 0 Å². The van der Waals surface area contributed by atoms with Crippen molar-refractivity contribution in [1.82, 2.24) is 10.2 Å². The predicted molar refractivity (Wildman–Crippen MR) is 73.8 cm³/mol.